The summed E-state index contributed by atoms with van der Waals surface area (Å²) < 4.78 is 11.2. The minimum atomic E-state index is -0.189. The zero-order valence-corrected chi connectivity index (χ0v) is 13.7. The van der Waals surface area contributed by atoms with E-state index in [1.54, 1.807) is 13.2 Å². The summed E-state index contributed by atoms with van der Waals surface area (Å²) in [7, 11) is 1.59. The van der Waals surface area contributed by atoms with Crippen molar-refractivity contribution in [1.29, 1.82) is 0 Å². The van der Waals surface area contributed by atoms with Gasteiger partial charge in [0.15, 0.2) is 11.5 Å². The second-order valence-electron chi connectivity index (χ2n) is 5.71. The molecule has 124 valence electrons. The predicted octanol–water partition coefficient (Wildman–Crippen LogP) is 3.65. The van der Waals surface area contributed by atoms with Gasteiger partial charge >= 0.3 is 0 Å². The molecule has 0 fully saturated rings. The molecule has 1 aromatic heterocycles. The molecule has 3 aromatic rings. The highest BCUT2D eigenvalue weighted by Crippen LogP contribution is 2.40. The Morgan fingerprint density at radius 2 is 1.96 bits per heavy atom. The average Bonchev–Trinajstić information content (AvgIpc) is 2.65. The first-order valence-corrected chi connectivity index (χ1v) is 7.94. The zero-order valence-electron chi connectivity index (χ0n) is 13.7. The van der Waals surface area contributed by atoms with E-state index in [4.69, 9.17) is 9.47 Å². The molecule has 0 saturated heterocycles. The highest BCUT2D eigenvalue weighted by atomic mass is 16.5. The number of H-pyrrole nitrogens is 1. The average molecular weight is 332 g/mol. The van der Waals surface area contributed by atoms with Crippen LogP contribution >= 0.6 is 0 Å². The third-order valence-corrected chi connectivity index (χ3v) is 4.08. The second-order valence-corrected chi connectivity index (χ2v) is 5.71. The number of fused-ring (bicyclic) bond motifs is 2. The summed E-state index contributed by atoms with van der Waals surface area (Å²) in [6.45, 7) is 0. The van der Waals surface area contributed by atoms with E-state index < -0.39 is 0 Å². The largest absolute Gasteiger partial charge is 0.493 e. The Morgan fingerprint density at radius 3 is 2.76 bits per heavy atom. The fourth-order valence-corrected chi connectivity index (χ4v) is 2.82. The standard InChI is InChI=1S/C20H16N2O3/c1-24-16-9-5-8-14-12-15-19(23)21-17(22-20(15)25-18(14)16)11-10-13-6-3-2-4-7-13/h2-11H,12H2,1H3,(H,21,22,23)/b11-10+. The van der Waals surface area contributed by atoms with Crippen LogP contribution in [0.3, 0.4) is 0 Å². The fourth-order valence-electron chi connectivity index (χ4n) is 2.82. The zero-order chi connectivity index (χ0) is 17.2. The summed E-state index contributed by atoms with van der Waals surface area (Å²) in [4.78, 5) is 19.7. The van der Waals surface area contributed by atoms with E-state index in [-0.39, 0.29) is 5.56 Å². The first-order chi connectivity index (χ1) is 12.2. The van der Waals surface area contributed by atoms with Crippen molar-refractivity contribution in [2.24, 2.45) is 0 Å². The number of nitrogens with one attached hydrogen (secondary N) is 1. The number of nitrogens with zero attached hydrogens (tertiary/aromatic N) is 1. The van der Waals surface area contributed by atoms with E-state index >= 15 is 0 Å². The van der Waals surface area contributed by atoms with Crippen LogP contribution < -0.4 is 15.0 Å². The van der Waals surface area contributed by atoms with Gasteiger partial charge in [0.25, 0.3) is 5.56 Å². The van der Waals surface area contributed by atoms with Crippen LogP contribution in [0.25, 0.3) is 12.2 Å². The number of hydrogen-bond donors (Lipinski definition) is 1. The predicted molar refractivity (Wildman–Crippen MR) is 96.1 cm³/mol. The van der Waals surface area contributed by atoms with Gasteiger partial charge in [0.1, 0.15) is 5.82 Å². The Balaban J connectivity index is 1.71. The first-order valence-electron chi connectivity index (χ1n) is 7.94. The molecule has 0 radical (unpaired) electrons. The molecule has 5 nitrogen and oxygen atoms in total. The molecule has 0 amide bonds. The molecular formula is C20H16N2O3. The maximum Gasteiger partial charge on any atom is 0.258 e. The lowest BCUT2D eigenvalue weighted by molar-refractivity contribution is 0.364. The number of aromatic amines is 1. The SMILES string of the molecule is COc1cccc2c1Oc1nc(/C=C/c3ccccc3)[nH]c(=O)c1C2. The lowest BCUT2D eigenvalue weighted by Crippen LogP contribution is -2.20. The number of ether oxygens (including phenoxy) is 2. The summed E-state index contributed by atoms with van der Waals surface area (Å²) >= 11 is 0. The van der Waals surface area contributed by atoms with Gasteiger partial charge in [-0.3, -0.25) is 4.79 Å². The lowest BCUT2D eigenvalue weighted by atomic mass is 10.0. The van der Waals surface area contributed by atoms with Crippen molar-refractivity contribution in [3.63, 3.8) is 0 Å². The molecular weight excluding hydrogens is 316 g/mol. The van der Waals surface area contributed by atoms with Crippen molar-refractivity contribution in [2.75, 3.05) is 7.11 Å². The van der Waals surface area contributed by atoms with Gasteiger partial charge in [-0.25, -0.2) is 0 Å². The molecule has 1 aliphatic heterocycles. The van der Waals surface area contributed by atoms with Gasteiger partial charge < -0.3 is 14.5 Å². The van der Waals surface area contributed by atoms with Crippen LogP contribution in [-0.2, 0) is 6.42 Å². The van der Waals surface area contributed by atoms with Gasteiger partial charge in [0.05, 0.1) is 12.7 Å². The van der Waals surface area contributed by atoms with Crippen LogP contribution in [0.5, 0.6) is 17.4 Å². The van der Waals surface area contributed by atoms with Crippen molar-refractivity contribution >= 4 is 12.2 Å². The van der Waals surface area contributed by atoms with Crippen molar-refractivity contribution < 1.29 is 9.47 Å². The third kappa shape index (κ3) is 2.92. The Morgan fingerprint density at radius 1 is 1.12 bits per heavy atom. The summed E-state index contributed by atoms with van der Waals surface area (Å²) in [5.74, 6) is 2.03. The van der Waals surface area contributed by atoms with Crippen LogP contribution in [0, 0.1) is 0 Å². The van der Waals surface area contributed by atoms with E-state index in [9.17, 15) is 4.79 Å². The monoisotopic (exact) mass is 332 g/mol. The lowest BCUT2D eigenvalue weighted by Gasteiger charge is -2.20. The number of benzene rings is 2. The molecule has 2 aromatic carbocycles. The van der Waals surface area contributed by atoms with Crippen LogP contribution in [0.1, 0.15) is 22.5 Å². The van der Waals surface area contributed by atoms with Crippen LogP contribution in [0.15, 0.2) is 53.3 Å². The number of methoxy groups -OCH3 is 1. The van der Waals surface area contributed by atoms with Gasteiger partial charge in [0.2, 0.25) is 5.88 Å². The highest BCUT2D eigenvalue weighted by molar-refractivity contribution is 5.67. The number of rotatable bonds is 3. The second kappa shape index (κ2) is 6.28. The highest BCUT2D eigenvalue weighted by Gasteiger charge is 2.24. The molecule has 25 heavy (non-hydrogen) atoms. The van der Waals surface area contributed by atoms with Crippen molar-refractivity contribution in [3.05, 3.63) is 81.4 Å². The Bertz CT molecular complexity index is 1010. The molecule has 0 bridgehead atoms. The topological polar surface area (TPSA) is 64.2 Å². The van der Waals surface area contributed by atoms with Crippen molar-refractivity contribution in [2.45, 2.75) is 6.42 Å². The third-order valence-electron chi connectivity index (χ3n) is 4.08. The van der Waals surface area contributed by atoms with Gasteiger partial charge in [-0.15, -0.1) is 0 Å². The minimum Gasteiger partial charge on any atom is -0.493 e. The summed E-state index contributed by atoms with van der Waals surface area (Å²) in [5.41, 5.74) is 2.27. The quantitative estimate of drug-likeness (QED) is 0.622. The Kier molecular flexibility index (Phi) is 3.82. The molecule has 0 unspecified atom stereocenters. The van der Waals surface area contributed by atoms with E-state index in [0.717, 1.165) is 11.1 Å². The summed E-state index contributed by atoms with van der Waals surface area (Å²) in [6.07, 6.45) is 4.12. The van der Waals surface area contributed by atoms with Crippen molar-refractivity contribution in [3.8, 4) is 17.4 Å². The van der Waals surface area contributed by atoms with Gasteiger partial charge in [0, 0.05) is 12.0 Å². The molecule has 2 heterocycles. The summed E-state index contributed by atoms with van der Waals surface area (Å²) in [6, 6.07) is 15.4. The fraction of sp³-hybridized carbons (Fsp3) is 0.100. The van der Waals surface area contributed by atoms with Gasteiger partial charge in [-0.1, -0.05) is 48.5 Å². The van der Waals surface area contributed by atoms with Gasteiger partial charge in [-0.05, 0) is 17.7 Å². The number of para-hydroxylation sites is 1. The van der Waals surface area contributed by atoms with E-state index in [0.29, 0.717) is 35.2 Å². The van der Waals surface area contributed by atoms with E-state index in [1.807, 2.05) is 54.6 Å². The smallest absolute Gasteiger partial charge is 0.258 e. The molecule has 0 spiro atoms. The number of aromatic nitrogens is 2. The van der Waals surface area contributed by atoms with E-state index in [1.165, 1.54) is 0 Å². The molecule has 5 heteroatoms. The molecule has 0 aliphatic carbocycles. The first kappa shape index (κ1) is 15.2. The van der Waals surface area contributed by atoms with Crippen molar-refractivity contribution in [1.82, 2.24) is 9.97 Å². The molecule has 1 aliphatic rings. The normalized spacial score (nSPS) is 12.4. The maximum atomic E-state index is 12.4. The number of hydrogen-bond acceptors (Lipinski definition) is 4. The Labute approximate surface area is 144 Å². The molecule has 0 saturated carbocycles. The van der Waals surface area contributed by atoms with Gasteiger partial charge in [-0.2, -0.15) is 4.98 Å². The maximum absolute atomic E-state index is 12.4. The molecule has 4 rings (SSSR count). The minimum absolute atomic E-state index is 0.189. The van der Waals surface area contributed by atoms with Crippen LogP contribution in [0.2, 0.25) is 0 Å². The van der Waals surface area contributed by atoms with Crippen LogP contribution in [0.4, 0.5) is 0 Å². The summed E-state index contributed by atoms with van der Waals surface area (Å²) in [5, 5.41) is 0. The van der Waals surface area contributed by atoms with Crippen LogP contribution in [-0.4, -0.2) is 17.1 Å². The molecule has 1 N–H and O–H groups in total. The van der Waals surface area contributed by atoms with E-state index in [2.05, 4.69) is 9.97 Å². The Hall–Kier alpha value is -3.34. The molecule has 0 atom stereocenters.